The lowest BCUT2D eigenvalue weighted by Gasteiger charge is -2.39. The Morgan fingerprint density at radius 1 is 1.21 bits per heavy atom. The van der Waals surface area contributed by atoms with Gasteiger partial charge in [0.25, 0.3) is 0 Å². The van der Waals surface area contributed by atoms with Gasteiger partial charge in [0.1, 0.15) is 6.04 Å². The molecule has 2 aliphatic heterocycles. The monoisotopic (exact) mass is 288 g/mol. The first-order valence-corrected chi connectivity index (χ1v) is 7.22. The highest BCUT2D eigenvalue weighted by Gasteiger charge is 2.44. The van der Waals surface area contributed by atoms with Crippen LogP contribution in [0.25, 0.3) is 0 Å². The second-order valence-electron chi connectivity index (χ2n) is 6.48. The highest BCUT2D eigenvalue weighted by atomic mass is 35.5. The maximum absolute atomic E-state index is 12.4. The Morgan fingerprint density at radius 2 is 1.79 bits per heavy atom. The fraction of sp³-hybridized carbons (Fsp3) is 0.929. The van der Waals surface area contributed by atoms with Crippen LogP contribution in [0.4, 0.5) is 0 Å². The molecule has 0 spiro atoms. The summed E-state index contributed by atoms with van der Waals surface area (Å²) in [5, 5.41) is 0. The van der Waals surface area contributed by atoms with Gasteiger partial charge in [0.15, 0.2) is 0 Å². The minimum absolute atomic E-state index is 0. The molecule has 2 N–H and O–H groups in total. The number of nitrogens with zero attached hydrogens (tertiary/aromatic N) is 1. The number of amides is 1. The van der Waals surface area contributed by atoms with E-state index >= 15 is 0 Å². The van der Waals surface area contributed by atoms with E-state index in [1.54, 1.807) is 7.11 Å². The minimum Gasteiger partial charge on any atom is -0.383 e. The molecule has 1 amide bonds. The average Bonchev–Trinajstić information content (AvgIpc) is 2.53. The van der Waals surface area contributed by atoms with Crippen molar-refractivity contribution in [3.05, 3.63) is 0 Å². The van der Waals surface area contributed by atoms with Crippen molar-refractivity contribution >= 4 is 18.3 Å². The van der Waals surface area contributed by atoms with E-state index in [-0.39, 0.29) is 18.3 Å². The number of ether oxygens (including phenoxy) is 1. The van der Waals surface area contributed by atoms with Crippen molar-refractivity contribution in [2.24, 2.45) is 23.5 Å². The van der Waals surface area contributed by atoms with Crippen LogP contribution in [0.2, 0.25) is 0 Å². The van der Waals surface area contributed by atoms with Crippen molar-refractivity contribution in [3.8, 4) is 0 Å². The highest BCUT2D eigenvalue weighted by Crippen LogP contribution is 2.47. The smallest absolute Gasteiger partial charge is 0.242 e. The summed E-state index contributed by atoms with van der Waals surface area (Å²) in [6.45, 7) is 1.27. The predicted molar refractivity (Wildman–Crippen MR) is 76.2 cm³/mol. The molecule has 4 rings (SSSR count). The number of nitrogens with two attached hydrogens (primary N) is 1. The number of carbonyl (C=O) groups excluding carboxylic acids is 1. The van der Waals surface area contributed by atoms with E-state index in [0.29, 0.717) is 12.6 Å². The molecule has 5 heteroatoms. The number of halogens is 1. The van der Waals surface area contributed by atoms with E-state index in [4.69, 9.17) is 10.5 Å². The summed E-state index contributed by atoms with van der Waals surface area (Å²) in [7, 11) is 1.60. The molecule has 2 heterocycles. The van der Waals surface area contributed by atoms with Gasteiger partial charge in [-0.1, -0.05) is 0 Å². The summed E-state index contributed by atoms with van der Waals surface area (Å²) in [5.74, 6) is 2.56. The Balaban J connectivity index is 0.00000133. The first-order chi connectivity index (χ1) is 8.67. The van der Waals surface area contributed by atoms with E-state index in [9.17, 15) is 4.79 Å². The molecule has 3 atom stereocenters. The Hall–Kier alpha value is -0.320. The summed E-state index contributed by atoms with van der Waals surface area (Å²) < 4.78 is 5.02. The molecule has 4 aliphatic rings. The average molecular weight is 289 g/mol. The predicted octanol–water partition coefficient (Wildman–Crippen LogP) is 1.42. The van der Waals surface area contributed by atoms with Gasteiger partial charge in [-0.2, -0.15) is 0 Å². The molecule has 0 radical (unpaired) electrons. The molecule has 110 valence electrons. The normalized spacial score (nSPS) is 37.7. The summed E-state index contributed by atoms with van der Waals surface area (Å²) >= 11 is 0. The van der Waals surface area contributed by atoms with Gasteiger partial charge >= 0.3 is 0 Å². The Kier molecular flexibility index (Phi) is 4.75. The molecule has 19 heavy (non-hydrogen) atoms. The summed E-state index contributed by atoms with van der Waals surface area (Å²) in [4.78, 5) is 14.5. The Labute approximate surface area is 121 Å². The van der Waals surface area contributed by atoms with Gasteiger partial charge in [-0.25, -0.2) is 0 Å². The molecule has 2 aliphatic carbocycles. The lowest BCUT2D eigenvalue weighted by molar-refractivity contribution is -0.136. The first-order valence-electron chi connectivity index (χ1n) is 7.22. The molecule has 2 saturated carbocycles. The zero-order valence-corrected chi connectivity index (χ0v) is 12.4. The van der Waals surface area contributed by atoms with E-state index in [1.165, 1.54) is 32.1 Å². The van der Waals surface area contributed by atoms with E-state index in [2.05, 4.69) is 4.90 Å². The lowest BCUT2D eigenvalue weighted by atomic mass is 9.68. The summed E-state index contributed by atoms with van der Waals surface area (Å²) in [6, 6.07) is -0.0256. The van der Waals surface area contributed by atoms with Crippen LogP contribution in [-0.2, 0) is 9.53 Å². The third kappa shape index (κ3) is 2.91. The van der Waals surface area contributed by atoms with Crippen LogP contribution < -0.4 is 5.73 Å². The van der Waals surface area contributed by atoms with Gasteiger partial charge in [-0.05, 0) is 49.9 Å². The van der Waals surface area contributed by atoms with Crippen LogP contribution in [-0.4, -0.2) is 43.2 Å². The van der Waals surface area contributed by atoms with E-state index < -0.39 is 6.04 Å². The molecule has 4 fully saturated rings. The SMILES string of the molecule is COCC(N)C(=O)N1CC2CC3CC(C2)CC1C3.Cl. The Morgan fingerprint density at radius 3 is 2.37 bits per heavy atom. The van der Waals surface area contributed by atoms with Crippen molar-refractivity contribution in [1.82, 2.24) is 4.90 Å². The van der Waals surface area contributed by atoms with Crippen LogP contribution in [0.3, 0.4) is 0 Å². The fourth-order valence-electron chi connectivity index (χ4n) is 4.52. The maximum Gasteiger partial charge on any atom is 0.242 e. The molecule has 3 unspecified atom stereocenters. The maximum atomic E-state index is 12.4. The molecular weight excluding hydrogens is 264 g/mol. The highest BCUT2D eigenvalue weighted by molar-refractivity contribution is 5.85. The van der Waals surface area contributed by atoms with Crippen molar-refractivity contribution < 1.29 is 9.53 Å². The topological polar surface area (TPSA) is 55.6 Å². The van der Waals surface area contributed by atoms with Crippen LogP contribution in [0.15, 0.2) is 0 Å². The summed E-state index contributed by atoms with van der Waals surface area (Å²) in [5.41, 5.74) is 5.92. The van der Waals surface area contributed by atoms with Crippen LogP contribution in [0.1, 0.15) is 32.1 Å². The molecule has 4 nitrogen and oxygen atoms in total. The standard InChI is InChI=1S/C14H24N2O2.ClH/c1-18-8-13(15)14(17)16-7-11-3-9-2-10(4-11)6-12(16)5-9;/h9-13H,2-8,15H2,1H3;1H. The molecule has 2 saturated heterocycles. The summed E-state index contributed by atoms with van der Waals surface area (Å²) in [6.07, 6.45) is 6.47. The van der Waals surface area contributed by atoms with Gasteiger partial charge in [0.2, 0.25) is 5.91 Å². The minimum atomic E-state index is -0.481. The quantitative estimate of drug-likeness (QED) is 0.854. The second kappa shape index (κ2) is 5.98. The number of hydrogen-bond donors (Lipinski definition) is 1. The van der Waals surface area contributed by atoms with Gasteiger partial charge in [0.05, 0.1) is 6.61 Å². The number of fused-ring (bicyclic) bond motifs is 1. The third-order valence-corrected chi connectivity index (χ3v) is 5.05. The van der Waals surface area contributed by atoms with Crippen LogP contribution in [0.5, 0.6) is 0 Å². The molecule has 4 bridgehead atoms. The number of rotatable bonds is 3. The van der Waals surface area contributed by atoms with Crippen molar-refractivity contribution in [2.45, 2.75) is 44.2 Å². The van der Waals surface area contributed by atoms with Crippen LogP contribution in [0, 0.1) is 17.8 Å². The van der Waals surface area contributed by atoms with Gasteiger partial charge in [-0.3, -0.25) is 4.79 Å². The molecule has 0 aromatic rings. The van der Waals surface area contributed by atoms with Gasteiger partial charge in [-0.15, -0.1) is 12.4 Å². The van der Waals surface area contributed by atoms with Gasteiger partial charge < -0.3 is 15.4 Å². The third-order valence-electron chi connectivity index (χ3n) is 5.05. The van der Waals surface area contributed by atoms with Crippen LogP contribution >= 0.6 is 12.4 Å². The van der Waals surface area contributed by atoms with E-state index in [0.717, 1.165) is 24.3 Å². The number of hydrogen-bond acceptors (Lipinski definition) is 3. The molecule has 0 aromatic heterocycles. The zero-order chi connectivity index (χ0) is 12.7. The number of methoxy groups -OCH3 is 1. The lowest BCUT2D eigenvalue weighted by Crippen LogP contribution is -2.51. The largest absolute Gasteiger partial charge is 0.383 e. The Bertz CT molecular complexity index is 325. The molecule has 0 aromatic carbocycles. The van der Waals surface area contributed by atoms with Crippen molar-refractivity contribution in [1.29, 1.82) is 0 Å². The van der Waals surface area contributed by atoms with Gasteiger partial charge in [0, 0.05) is 19.7 Å². The first kappa shape index (κ1) is 15.1. The molecular formula is C14H25ClN2O2. The fourth-order valence-corrected chi connectivity index (χ4v) is 4.52. The van der Waals surface area contributed by atoms with Crippen molar-refractivity contribution in [2.75, 3.05) is 20.3 Å². The van der Waals surface area contributed by atoms with E-state index in [1.807, 2.05) is 0 Å². The second-order valence-corrected chi connectivity index (χ2v) is 6.48. The van der Waals surface area contributed by atoms with Crippen molar-refractivity contribution in [3.63, 3.8) is 0 Å². The zero-order valence-electron chi connectivity index (χ0n) is 11.6. The number of carbonyl (C=O) groups is 1.